The Bertz CT molecular complexity index is 818. The third-order valence-electron chi connectivity index (χ3n) is 4.70. The SMILES string of the molecule is c1coc(-c2noc(CN3CC4(CC4)c4ccccc43)n2)c1. The number of anilines is 1. The van der Waals surface area contributed by atoms with Crippen molar-refractivity contribution >= 4 is 5.69 Å². The van der Waals surface area contributed by atoms with Gasteiger partial charge in [-0.3, -0.25) is 0 Å². The highest BCUT2D eigenvalue weighted by molar-refractivity contribution is 5.64. The van der Waals surface area contributed by atoms with Crippen LogP contribution in [0.1, 0.15) is 24.3 Å². The van der Waals surface area contributed by atoms with Crippen molar-refractivity contribution in [2.24, 2.45) is 0 Å². The van der Waals surface area contributed by atoms with E-state index in [0.29, 0.717) is 29.4 Å². The molecule has 5 nitrogen and oxygen atoms in total. The van der Waals surface area contributed by atoms with Crippen molar-refractivity contribution in [2.75, 3.05) is 11.4 Å². The highest BCUT2D eigenvalue weighted by Crippen LogP contribution is 2.56. The van der Waals surface area contributed by atoms with Crippen LogP contribution in [0, 0.1) is 0 Å². The fourth-order valence-corrected chi connectivity index (χ4v) is 3.44. The highest BCUT2D eigenvalue weighted by Gasteiger charge is 2.51. The van der Waals surface area contributed by atoms with Gasteiger partial charge in [-0.25, -0.2) is 0 Å². The lowest BCUT2D eigenvalue weighted by Gasteiger charge is -2.17. The molecule has 1 fully saturated rings. The van der Waals surface area contributed by atoms with E-state index in [1.807, 2.05) is 12.1 Å². The Balaban J connectivity index is 1.43. The zero-order chi connectivity index (χ0) is 14.6. The molecule has 110 valence electrons. The van der Waals surface area contributed by atoms with E-state index in [-0.39, 0.29) is 0 Å². The summed E-state index contributed by atoms with van der Waals surface area (Å²) in [5.41, 5.74) is 3.15. The van der Waals surface area contributed by atoms with Gasteiger partial charge in [-0.15, -0.1) is 0 Å². The van der Waals surface area contributed by atoms with Crippen molar-refractivity contribution in [3.8, 4) is 11.6 Å². The van der Waals surface area contributed by atoms with Crippen LogP contribution in [0.5, 0.6) is 0 Å². The number of aromatic nitrogens is 2. The maximum Gasteiger partial charge on any atom is 0.246 e. The fourth-order valence-electron chi connectivity index (χ4n) is 3.44. The van der Waals surface area contributed by atoms with Crippen molar-refractivity contribution in [2.45, 2.75) is 24.8 Å². The Morgan fingerprint density at radius 3 is 2.86 bits per heavy atom. The number of benzene rings is 1. The molecule has 1 aliphatic carbocycles. The molecule has 0 bridgehead atoms. The first-order chi connectivity index (χ1) is 10.8. The second kappa shape index (κ2) is 4.22. The predicted molar refractivity (Wildman–Crippen MR) is 80.4 cm³/mol. The summed E-state index contributed by atoms with van der Waals surface area (Å²) in [6.45, 7) is 1.69. The number of furan rings is 1. The van der Waals surface area contributed by atoms with Crippen molar-refractivity contribution in [3.63, 3.8) is 0 Å². The summed E-state index contributed by atoms with van der Waals surface area (Å²) in [5, 5.41) is 4.00. The molecule has 5 heteroatoms. The normalized spacial score (nSPS) is 17.9. The number of nitrogens with zero attached hydrogens (tertiary/aromatic N) is 3. The summed E-state index contributed by atoms with van der Waals surface area (Å²) in [7, 11) is 0. The van der Waals surface area contributed by atoms with Crippen LogP contribution in [-0.2, 0) is 12.0 Å². The van der Waals surface area contributed by atoms with E-state index >= 15 is 0 Å². The molecule has 0 N–H and O–H groups in total. The topological polar surface area (TPSA) is 55.3 Å². The third-order valence-corrected chi connectivity index (χ3v) is 4.70. The number of hydrogen-bond acceptors (Lipinski definition) is 5. The monoisotopic (exact) mass is 293 g/mol. The molecule has 1 spiro atoms. The first-order valence-electron chi connectivity index (χ1n) is 7.55. The molecular formula is C17H15N3O2. The number of hydrogen-bond donors (Lipinski definition) is 0. The molecule has 3 heterocycles. The van der Waals surface area contributed by atoms with Gasteiger partial charge in [-0.1, -0.05) is 23.4 Å². The highest BCUT2D eigenvalue weighted by atomic mass is 16.5. The zero-order valence-electron chi connectivity index (χ0n) is 12.0. The van der Waals surface area contributed by atoms with Gasteiger partial charge in [0, 0.05) is 17.6 Å². The molecule has 1 saturated carbocycles. The van der Waals surface area contributed by atoms with Crippen LogP contribution < -0.4 is 4.90 Å². The molecule has 2 aromatic heterocycles. The summed E-state index contributed by atoms with van der Waals surface area (Å²) in [4.78, 5) is 6.79. The second-order valence-corrected chi connectivity index (χ2v) is 6.14. The van der Waals surface area contributed by atoms with Gasteiger partial charge in [0.25, 0.3) is 0 Å². The van der Waals surface area contributed by atoms with Crippen molar-refractivity contribution in [3.05, 3.63) is 54.1 Å². The van der Waals surface area contributed by atoms with Crippen LogP contribution in [0.3, 0.4) is 0 Å². The lowest BCUT2D eigenvalue weighted by Crippen LogP contribution is -2.23. The average molecular weight is 293 g/mol. The minimum Gasteiger partial charge on any atom is -0.461 e. The quantitative estimate of drug-likeness (QED) is 0.741. The van der Waals surface area contributed by atoms with Gasteiger partial charge in [-0.2, -0.15) is 4.98 Å². The van der Waals surface area contributed by atoms with E-state index in [1.54, 1.807) is 6.26 Å². The molecule has 2 aliphatic rings. The Hall–Kier alpha value is -2.56. The van der Waals surface area contributed by atoms with Crippen molar-refractivity contribution in [1.82, 2.24) is 10.1 Å². The first kappa shape index (κ1) is 12.0. The van der Waals surface area contributed by atoms with E-state index in [2.05, 4.69) is 39.3 Å². The van der Waals surface area contributed by atoms with Gasteiger partial charge in [0.15, 0.2) is 5.76 Å². The van der Waals surface area contributed by atoms with E-state index < -0.39 is 0 Å². The van der Waals surface area contributed by atoms with Crippen LogP contribution in [0.25, 0.3) is 11.6 Å². The molecule has 0 radical (unpaired) electrons. The van der Waals surface area contributed by atoms with Gasteiger partial charge in [0.2, 0.25) is 11.7 Å². The Labute approximate surface area is 127 Å². The minimum atomic E-state index is 0.375. The van der Waals surface area contributed by atoms with Gasteiger partial charge >= 0.3 is 0 Å². The molecule has 0 saturated heterocycles. The van der Waals surface area contributed by atoms with Gasteiger partial charge in [0.1, 0.15) is 0 Å². The molecule has 1 aromatic carbocycles. The summed E-state index contributed by atoms with van der Waals surface area (Å²) < 4.78 is 10.7. The average Bonchev–Trinajstić information content (AvgIpc) is 2.95. The number of fused-ring (bicyclic) bond motifs is 2. The lowest BCUT2D eigenvalue weighted by molar-refractivity contribution is 0.375. The van der Waals surface area contributed by atoms with Gasteiger partial charge in [0.05, 0.1) is 12.8 Å². The third kappa shape index (κ3) is 1.71. The van der Waals surface area contributed by atoms with Crippen molar-refractivity contribution < 1.29 is 8.94 Å². The Morgan fingerprint density at radius 2 is 2.05 bits per heavy atom. The zero-order valence-corrected chi connectivity index (χ0v) is 12.0. The lowest BCUT2D eigenvalue weighted by atomic mass is 9.99. The predicted octanol–water partition coefficient (Wildman–Crippen LogP) is 3.38. The maximum absolute atomic E-state index is 5.39. The molecule has 5 rings (SSSR count). The van der Waals surface area contributed by atoms with Crippen LogP contribution in [0.15, 0.2) is 51.6 Å². The van der Waals surface area contributed by atoms with E-state index in [0.717, 1.165) is 6.54 Å². The van der Waals surface area contributed by atoms with E-state index in [4.69, 9.17) is 8.94 Å². The van der Waals surface area contributed by atoms with E-state index in [1.165, 1.54) is 24.1 Å². The molecule has 1 aliphatic heterocycles. The first-order valence-corrected chi connectivity index (χ1v) is 7.55. The number of rotatable bonds is 3. The van der Waals surface area contributed by atoms with Gasteiger partial charge < -0.3 is 13.8 Å². The summed E-state index contributed by atoms with van der Waals surface area (Å²) in [6, 6.07) is 12.3. The van der Waals surface area contributed by atoms with Crippen LogP contribution in [0.4, 0.5) is 5.69 Å². The Morgan fingerprint density at radius 1 is 1.14 bits per heavy atom. The molecule has 3 aromatic rings. The van der Waals surface area contributed by atoms with Crippen molar-refractivity contribution in [1.29, 1.82) is 0 Å². The summed E-state index contributed by atoms with van der Waals surface area (Å²) in [5.74, 6) is 1.77. The molecular weight excluding hydrogens is 278 g/mol. The molecule has 22 heavy (non-hydrogen) atoms. The van der Waals surface area contributed by atoms with Crippen LogP contribution in [-0.4, -0.2) is 16.7 Å². The maximum atomic E-state index is 5.39. The smallest absolute Gasteiger partial charge is 0.246 e. The fraction of sp³-hybridized carbons (Fsp3) is 0.294. The standard InChI is InChI=1S/C17H15N3O2/c1-2-5-13-12(4-1)17(7-8-17)11-20(13)10-15-18-16(19-22-15)14-6-3-9-21-14/h1-6,9H,7-8,10-11H2. The largest absolute Gasteiger partial charge is 0.461 e. The molecule has 0 unspecified atom stereocenters. The Kier molecular flexibility index (Phi) is 2.31. The minimum absolute atomic E-state index is 0.375. The second-order valence-electron chi connectivity index (χ2n) is 6.14. The summed E-state index contributed by atoms with van der Waals surface area (Å²) >= 11 is 0. The van der Waals surface area contributed by atoms with E-state index in [9.17, 15) is 0 Å². The molecule has 0 atom stereocenters. The van der Waals surface area contributed by atoms with Crippen LogP contribution >= 0.6 is 0 Å². The van der Waals surface area contributed by atoms with Crippen LogP contribution in [0.2, 0.25) is 0 Å². The van der Waals surface area contributed by atoms with Gasteiger partial charge in [-0.05, 0) is 36.6 Å². The molecule has 0 amide bonds. The summed E-state index contributed by atoms with van der Waals surface area (Å²) in [6.07, 6.45) is 4.17. The number of para-hydroxylation sites is 1.